The molecule has 0 aliphatic carbocycles. The molecule has 1 atom stereocenters. The van der Waals surface area contributed by atoms with Crippen molar-refractivity contribution in [1.82, 2.24) is 5.32 Å². The lowest BCUT2D eigenvalue weighted by Gasteiger charge is -2.14. The van der Waals surface area contributed by atoms with Gasteiger partial charge in [-0.1, -0.05) is 13.0 Å². The molecule has 0 heterocycles. The third kappa shape index (κ3) is 4.79. The fourth-order valence-electron chi connectivity index (χ4n) is 1.83. The lowest BCUT2D eigenvalue weighted by molar-refractivity contribution is -0.118. The van der Waals surface area contributed by atoms with Gasteiger partial charge in [-0.25, -0.2) is 0 Å². The van der Waals surface area contributed by atoms with Crippen molar-refractivity contribution in [3.8, 4) is 11.5 Å². The molecule has 5 nitrogen and oxygen atoms in total. The Hall–Kier alpha value is -2.01. The molecular formula is C16H23NO4. The van der Waals surface area contributed by atoms with Crippen LogP contribution in [0.4, 0.5) is 0 Å². The van der Waals surface area contributed by atoms with Gasteiger partial charge in [-0.2, -0.15) is 0 Å². The molecule has 2 N–H and O–H groups in total. The van der Waals surface area contributed by atoms with Crippen molar-refractivity contribution in [3.05, 3.63) is 29.3 Å². The summed E-state index contributed by atoms with van der Waals surface area (Å²) in [4.78, 5) is 12.0. The number of rotatable bonds is 7. The highest BCUT2D eigenvalue weighted by molar-refractivity contribution is 5.97. The average Bonchev–Trinajstić information content (AvgIpc) is 2.51. The molecule has 1 amide bonds. The molecule has 0 aliphatic heterocycles. The Morgan fingerprint density at radius 3 is 2.52 bits per heavy atom. The SMILES string of the molecule is CCC(CO)NC(=O)/C(C)=C/c1ccc(OC)c(OC)c1. The van der Waals surface area contributed by atoms with Crippen LogP contribution in [0, 0.1) is 0 Å². The van der Waals surface area contributed by atoms with E-state index in [1.165, 1.54) is 0 Å². The van der Waals surface area contributed by atoms with Crippen LogP contribution in [0.15, 0.2) is 23.8 Å². The number of aliphatic hydroxyl groups is 1. The van der Waals surface area contributed by atoms with Crippen molar-refractivity contribution in [2.24, 2.45) is 0 Å². The highest BCUT2D eigenvalue weighted by Crippen LogP contribution is 2.28. The van der Waals surface area contributed by atoms with E-state index in [1.807, 2.05) is 13.0 Å². The van der Waals surface area contributed by atoms with Gasteiger partial charge in [0, 0.05) is 5.57 Å². The Bertz CT molecular complexity index is 507. The summed E-state index contributed by atoms with van der Waals surface area (Å²) in [6.07, 6.45) is 2.45. The lowest BCUT2D eigenvalue weighted by atomic mass is 10.1. The zero-order valence-electron chi connectivity index (χ0n) is 13.0. The summed E-state index contributed by atoms with van der Waals surface area (Å²) < 4.78 is 10.4. The molecule has 1 unspecified atom stereocenters. The highest BCUT2D eigenvalue weighted by Gasteiger charge is 2.11. The molecule has 1 aromatic rings. The van der Waals surface area contributed by atoms with Crippen molar-refractivity contribution in [2.45, 2.75) is 26.3 Å². The van der Waals surface area contributed by atoms with Gasteiger partial charge in [0.15, 0.2) is 11.5 Å². The first-order valence-corrected chi connectivity index (χ1v) is 6.87. The largest absolute Gasteiger partial charge is 0.493 e. The first kappa shape index (κ1) is 17.0. The minimum atomic E-state index is -0.216. The first-order chi connectivity index (χ1) is 10.0. The van der Waals surface area contributed by atoms with Crippen LogP contribution in [-0.2, 0) is 4.79 Å². The van der Waals surface area contributed by atoms with Crippen molar-refractivity contribution < 1.29 is 19.4 Å². The van der Waals surface area contributed by atoms with Gasteiger partial charge < -0.3 is 19.9 Å². The van der Waals surface area contributed by atoms with Crippen molar-refractivity contribution >= 4 is 12.0 Å². The number of ether oxygens (including phenoxy) is 2. The van der Waals surface area contributed by atoms with E-state index < -0.39 is 0 Å². The predicted molar refractivity (Wildman–Crippen MR) is 82.5 cm³/mol. The fourth-order valence-corrected chi connectivity index (χ4v) is 1.83. The number of hydrogen-bond acceptors (Lipinski definition) is 4. The molecule has 5 heteroatoms. The van der Waals surface area contributed by atoms with Gasteiger partial charge in [-0.05, 0) is 37.1 Å². The molecule has 0 saturated heterocycles. The monoisotopic (exact) mass is 293 g/mol. The maximum Gasteiger partial charge on any atom is 0.247 e. The van der Waals surface area contributed by atoms with Crippen LogP contribution in [0.5, 0.6) is 11.5 Å². The number of methoxy groups -OCH3 is 2. The quantitative estimate of drug-likeness (QED) is 0.755. The highest BCUT2D eigenvalue weighted by atomic mass is 16.5. The number of amides is 1. The standard InChI is InChI=1S/C16H23NO4/c1-5-13(10-18)17-16(19)11(2)8-12-6-7-14(20-3)15(9-12)21-4/h6-9,13,18H,5,10H2,1-4H3,(H,17,19)/b11-8+. The molecular weight excluding hydrogens is 270 g/mol. The maximum atomic E-state index is 12.0. The van der Waals surface area contributed by atoms with E-state index in [0.29, 0.717) is 23.5 Å². The van der Waals surface area contributed by atoms with E-state index in [0.717, 1.165) is 5.56 Å². The van der Waals surface area contributed by atoms with Crippen LogP contribution in [-0.4, -0.2) is 37.9 Å². The third-order valence-corrected chi connectivity index (χ3v) is 3.20. The molecule has 0 radical (unpaired) electrons. The number of carbonyl (C=O) groups excluding carboxylic acids is 1. The summed E-state index contributed by atoms with van der Waals surface area (Å²) in [5.74, 6) is 1.06. The van der Waals surface area contributed by atoms with Crippen LogP contribution in [0.2, 0.25) is 0 Å². The third-order valence-electron chi connectivity index (χ3n) is 3.20. The summed E-state index contributed by atoms with van der Waals surface area (Å²) in [5.41, 5.74) is 1.41. The number of hydrogen-bond donors (Lipinski definition) is 2. The van der Waals surface area contributed by atoms with Gasteiger partial charge in [-0.3, -0.25) is 4.79 Å². The van der Waals surface area contributed by atoms with E-state index in [2.05, 4.69) is 5.32 Å². The molecule has 116 valence electrons. The molecule has 0 fully saturated rings. The van der Waals surface area contributed by atoms with Gasteiger partial charge in [0.25, 0.3) is 0 Å². The zero-order chi connectivity index (χ0) is 15.8. The van der Waals surface area contributed by atoms with Crippen LogP contribution in [0.3, 0.4) is 0 Å². The predicted octanol–water partition coefficient (Wildman–Crippen LogP) is 1.99. The Morgan fingerprint density at radius 2 is 2.00 bits per heavy atom. The van der Waals surface area contributed by atoms with Gasteiger partial charge >= 0.3 is 0 Å². The number of benzene rings is 1. The molecule has 0 spiro atoms. The minimum absolute atomic E-state index is 0.0636. The fraction of sp³-hybridized carbons (Fsp3) is 0.438. The van der Waals surface area contributed by atoms with Crippen LogP contribution >= 0.6 is 0 Å². The lowest BCUT2D eigenvalue weighted by Crippen LogP contribution is -2.37. The summed E-state index contributed by atoms with van der Waals surface area (Å²) in [6.45, 7) is 3.58. The maximum absolute atomic E-state index is 12.0. The van der Waals surface area contributed by atoms with Crippen molar-refractivity contribution in [3.63, 3.8) is 0 Å². The second-order valence-corrected chi connectivity index (χ2v) is 4.70. The summed E-state index contributed by atoms with van der Waals surface area (Å²) in [6, 6.07) is 5.23. The van der Waals surface area contributed by atoms with Gasteiger partial charge in [0.1, 0.15) is 0 Å². The minimum Gasteiger partial charge on any atom is -0.493 e. The zero-order valence-corrected chi connectivity index (χ0v) is 13.0. The summed E-state index contributed by atoms with van der Waals surface area (Å²) in [7, 11) is 3.14. The van der Waals surface area contributed by atoms with Crippen LogP contribution < -0.4 is 14.8 Å². The van der Waals surface area contributed by atoms with E-state index in [9.17, 15) is 4.79 Å². The summed E-state index contributed by atoms with van der Waals surface area (Å²) in [5, 5.41) is 11.9. The molecule has 1 rings (SSSR count). The van der Waals surface area contributed by atoms with Gasteiger partial charge in [0.2, 0.25) is 5.91 Å². The van der Waals surface area contributed by atoms with Crippen molar-refractivity contribution in [1.29, 1.82) is 0 Å². The second kappa shape index (κ2) is 8.32. The molecule has 0 saturated carbocycles. The van der Waals surface area contributed by atoms with Crippen LogP contribution in [0.1, 0.15) is 25.8 Å². The topological polar surface area (TPSA) is 67.8 Å². The molecule has 21 heavy (non-hydrogen) atoms. The van der Waals surface area contributed by atoms with E-state index in [4.69, 9.17) is 14.6 Å². The second-order valence-electron chi connectivity index (χ2n) is 4.70. The van der Waals surface area contributed by atoms with E-state index in [1.54, 1.807) is 39.4 Å². The Kier molecular flexibility index (Phi) is 6.75. The molecule has 0 aromatic heterocycles. The average molecular weight is 293 g/mol. The van der Waals surface area contributed by atoms with Gasteiger partial charge in [0.05, 0.1) is 26.9 Å². The number of carbonyl (C=O) groups is 1. The van der Waals surface area contributed by atoms with E-state index >= 15 is 0 Å². The normalized spacial score (nSPS) is 12.7. The van der Waals surface area contributed by atoms with Crippen LogP contribution in [0.25, 0.3) is 6.08 Å². The number of aliphatic hydroxyl groups excluding tert-OH is 1. The Labute approximate surface area is 125 Å². The Balaban J connectivity index is 2.88. The van der Waals surface area contributed by atoms with Crippen molar-refractivity contribution in [2.75, 3.05) is 20.8 Å². The molecule has 0 bridgehead atoms. The molecule has 0 aliphatic rings. The number of nitrogens with one attached hydrogen (secondary N) is 1. The smallest absolute Gasteiger partial charge is 0.247 e. The summed E-state index contributed by atoms with van der Waals surface area (Å²) >= 11 is 0. The first-order valence-electron chi connectivity index (χ1n) is 6.87. The Morgan fingerprint density at radius 1 is 1.33 bits per heavy atom. The van der Waals surface area contributed by atoms with E-state index in [-0.39, 0.29) is 18.6 Å². The molecule has 1 aromatic carbocycles. The van der Waals surface area contributed by atoms with Gasteiger partial charge in [-0.15, -0.1) is 0 Å².